The van der Waals surface area contributed by atoms with Crippen LogP contribution < -0.4 is 5.32 Å². The van der Waals surface area contributed by atoms with Crippen molar-refractivity contribution in [1.82, 2.24) is 10.2 Å². The number of rotatable bonds is 4. The van der Waals surface area contributed by atoms with Gasteiger partial charge in [-0.15, -0.1) is 0 Å². The highest BCUT2D eigenvalue weighted by Gasteiger charge is 2.33. The number of imide groups is 1. The summed E-state index contributed by atoms with van der Waals surface area (Å²) in [6.07, 6.45) is 0.759. The molecule has 1 aliphatic heterocycles. The SMILES string of the molecule is CC(C)c1cc(C(=O)N(C)C2CCC(=O)NC2=O)c(C=O)cc1F. The number of carbonyl (C=O) groups excluding carboxylic acids is 4. The van der Waals surface area contributed by atoms with Crippen LogP contribution in [0.1, 0.15) is 58.9 Å². The minimum atomic E-state index is -0.803. The summed E-state index contributed by atoms with van der Waals surface area (Å²) in [7, 11) is 1.43. The summed E-state index contributed by atoms with van der Waals surface area (Å²) in [5.41, 5.74) is 0.295. The van der Waals surface area contributed by atoms with Crippen molar-refractivity contribution in [2.45, 2.75) is 38.6 Å². The quantitative estimate of drug-likeness (QED) is 0.670. The van der Waals surface area contributed by atoms with Gasteiger partial charge in [0.2, 0.25) is 11.8 Å². The summed E-state index contributed by atoms with van der Waals surface area (Å²) < 4.78 is 14.0. The minimum Gasteiger partial charge on any atom is -0.330 e. The number of halogens is 1. The van der Waals surface area contributed by atoms with E-state index < -0.39 is 23.7 Å². The molecule has 1 atom stereocenters. The van der Waals surface area contributed by atoms with E-state index in [1.165, 1.54) is 18.0 Å². The van der Waals surface area contributed by atoms with E-state index in [0.29, 0.717) is 11.8 Å². The van der Waals surface area contributed by atoms with Crippen LogP contribution in [0, 0.1) is 5.82 Å². The van der Waals surface area contributed by atoms with E-state index in [2.05, 4.69) is 5.32 Å². The van der Waals surface area contributed by atoms with Gasteiger partial charge in [-0.25, -0.2) is 4.39 Å². The molecule has 1 unspecified atom stereocenters. The number of amides is 3. The largest absolute Gasteiger partial charge is 0.330 e. The Morgan fingerprint density at radius 3 is 2.58 bits per heavy atom. The molecule has 1 heterocycles. The average Bonchev–Trinajstić information content (AvgIpc) is 2.52. The van der Waals surface area contributed by atoms with Crippen LogP contribution in [0.5, 0.6) is 0 Å². The summed E-state index contributed by atoms with van der Waals surface area (Å²) >= 11 is 0. The van der Waals surface area contributed by atoms with Crippen LogP contribution in [0.15, 0.2) is 12.1 Å². The number of hydrogen-bond donors (Lipinski definition) is 1. The Labute approximate surface area is 139 Å². The van der Waals surface area contributed by atoms with Crippen LogP contribution in [0.4, 0.5) is 4.39 Å². The number of likely N-dealkylation sites (N-methyl/N-ethyl adjacent to an activating group) is 1. The normalized spacial score (nSPS) is 17.6. The van der Waals surface area contributed by atoms with Crippen molar-refractivity contribution in [1.29, 1.82) is 0 Å². The molecular formula is C17H19FN2O4. The first-order valence-electron chi connectivity index (χ1n) is 7.65. The Balaban J connectivity index is 2.37. The molecule has 1 aromatic carbocycles. The van der Waals surface area contributed by atoms with Gasteiger partial charge in [0.15, 0.2) is 6.29 Å². The molecule has 1 aliphatic rings. The molecule has 0 saturated carbocycles. The van der Waals surface area contributed by atoms with Crippen LogP contribution in [-0.4, -0.2) is 42.0 Å². The minimum absolute atomic E-state index is 0.0438. The van der Waals surface area contributed by atoms with Crippen molar-refractivity contribution in [2.75, 3.05) is 7.05 Å². The maximum atomic E-state index is 14.0. The fourth-order valence-corrected chi connectivity index (χ4v) is 2.71. The molecule has 0 spiro atoms. The molecule has 24 heavy (non-hydrogen) atoms. The number of nitrogens with zero attached hydrogens (tertiary/aromatic N) is 1. The van der Waals surface area contributed by atoms with E-state index in [-0.39, 0.29) is 35.8 Å². The van der Waals surface area contributed by atoms with E-state index in [0.717, 1.165) is 6.07 Å². The molecule has 0 aromatic heterocycles. The molecular weight excluding hydrogens is 315 g/mol. The molecule has 0 bridgehead atoms. The molecule has 1 fully saturated rings. The summed E-state index contributed by atoms with van der Waals surface area (Å²) in [5, 5.41) is 2.18. The lowest BCUT2D eigenvalue weighted by Gasteiger charge is -2.30. The Morgan fingerprint density at radius 1 is 1.38 bits per heavy atom. The molecule has 1 saturated heterocycles. The van der Waals surface area contributed by atoms with Gasteiger partial charge < -0.3 is 4.90 Å². The summed E-state index contributed by atoms with van der Waals surface area (Å²) in [4.78, 5) is 48.2. The van der Waals surface area contributed by atoms with Crippen molar-refractivity contribution >= 4 is 24.0 Å². The molecule has 2 rings (SSSR count). The first-order valence-corrected chi connectivity index (χ1v) is 7.65. The van der Waals surface area contributed by atoms with E-state index in [4.69, 9.17) is 0 Å². The molecule has 0 aliphatic carbocycles. The Morgan fingerprint density at radius 2 is 2.04 bits per heavy atom. The first kappa shape index (κ1) is 17.8. The third-order valence-electron chi connectivity index (χ3n) is 4.15. The Hall–Kier alpha value is -2.57. The van der Waals surface area contributed by atoms with Gasteiger partial charge in [0.05, 0.1) is 5.56 Å². The zero-order valence-electron chi connectivity index (χ0n) is 13.8. The van der Waals surface area contributed by atoms with E-state index >= 15 is 0 Å². The van der Waals surface area contributed by atoms with Gasteiger partial charge in [-0.3, -0.25) is 24.5 Å². The number of carbonyl (C=O) groups is 4. The van der Waals surface area contributed by atoms with Crippen molar-refractivity contribution in [2.24, 2.45) is 0 Å². The summed E-state index contributed by atoms with van der Waals surface area (Å²) in [6, 6.07) is 1.59. The lowest BCUT2D eigenvalue weighted by molar-refractivity contribution is -0.136. The van der Waals surface area contributed by atoms with Crippen LogP contribution in [0.25, 0.3) is 0 Å². The first-order chi connectivity index (χ1) is 11.3. The summed E-state index contributed by atoms with van der Waals surface area (Å²) in [5.74, 6) is -2.21. The maximum Gasteiger partial charge on any atom is 0.255 e. The van der Waals surface area contributed by atoms with Crippen molar-refractivity contribution in [3.05, 3.63) is 34.6 Å². The Bertz CT molecular complexity index is 715. The molecule has 7 heteroatoms. The highest BCUT2D eigenvalue weighted by Crippen LogP contribution is 2.24. The highest BCUT2D eigenvalue weighted by molar-refractivity contribution is 6.06. The predicted molar refractivity (Wildman–Crippen MR) is 84.1 cm³/mol. The lowest BCUT2D eigenvalue weighted by Crippen LogP contribution is -2.53. The molecule has 1 N–H and O–H groups in total. The van der Waals surface area contributed by atoms with Gasteiger partial charge in [0.1, 0.15) is 11.9 Å². The van der Waals surface area contributed by atoms with Crippen LogP contribution in [0.2, 0.25) is 0 Å². The molecule has 6 nitrogen and oxygen atoms in total. The number of piperidine rings is 1. The lowest BCUT2D eigenvalue weighted by atomic mass is 9.95. The van der Waals surface area contributed by atoms with Gasteiger partial charge in [-0.05, 0) is 30.0 Å². The van der Waals surface area contributed by atoms with Gasteiger partial charge >= 0.3 is 0 Å². The van der Waals surface area contributed by atoms with Gasteiger partial charge in [0.25, 0.3) is 5.91 Å². The fourth-order valence-electron chi connectivity index (χ4n) is 2.71. The third-order valence-corrected chi connectivity index (χ3v) is 4.15. The van der Waals surface area contributed by atoms with Crippen LogP contribution >= 0.6 is 0 Å². The maximum absolute atomic E-state index is 14.0. The van der Waals surface area contributed by atoms with Crippen LogP contribution in [0.3, 0.4) is 0 Å². The predicted octanol–water partition coefficient (Wildman–Crippen LogP) is 1.64. The average molecular weight is 334 g/mol. The zero-order valence-corrected chi connectivity index (χ0v) is 13.8. The molecule has 0 radical (unpaired) electrons. The zero-order chi connectivity index (χ0) is 18.0. The van der Waals surface area contributed by atoms with Gasteiger partial charge in [-0.2, -0.15) is 0 Å². The summed E-state index contributed by atoms with van der Waals surface area (Å²) in [6.45, 7) is 3.55. The molecule has 128 valence electrons. The van der Waals surface area contributed by atoms with E-state index in [1.54, 1.807) is 13.8 Å². The van der Waals surface area contributed by atoms with E-state index in [1.807, 2.05) is 0 Å². The molecule has 3 amide bonds. The number of nitrogens with one attached hydrogen (secondary N) is 1. The monoisotopic (exact) mass is 334 g/mol. The number of benzene rings is 1. The second-order valence-corrected chi connectivity index (χ2v) is 6.12. The molecule has 1 aromatic rings. The fraction of sp³-hybridized carbons (Fsp3) is 0.412. The number of hydrogen-bond acceptors (Lipinski definition) is 4. The van der Waals surface area contributed by atoms with Crippen LogP contribution in [-0.2, 0) is 9.59 Å². The Kier molecular flexibility index (Phi) is 5.11. The number of aldehydes is 1. The van der Waals surface area contributed by atoms with Crippen molar-refractivity contribution < 1.29 is 23.6 Å². The third kappa shape index (κ3) is 3.34. The standard InChI is InChI=1S/C17H19FN2O4/c1-9(2)11-7-12(10(8-21)6-13(11)18)17(24)20(3)14-4-5-15(22)19-16(14)23/h6-9,14H,4-5H2,1-3H3,(H,19,22,23). The highest BCUT2D eigenvalue weighted by atomic mass is 19.1. The smallest absolute Gasteiger partial charge is 0.255 e. The van der Waals surface area contributed by atoms with Gasteiger partial charge in [0, 0.05) is 19.0 Å². The van der Waals surface area contributed by atoms with Crippen molar-refractivity contribution in [3.8, 4) is 0 Å². The second kappa shape index (κ2) is 6.90. The van der Waals surface area contributed by atoms with Crippen molar-refractivity contribution in [3.63, 3.8) is 0 Å². The van der Waals surface area contributed by atoms with Gasteiger partial charge in [-0.1, -0.05) is 13.8 Å². The van der Waals surface area contributed by atoms with E-state index in [9.17, 15) is 23.6 Å². The second-order valence-electron chi connectivity index (χ2n) is 6.12. The topological polar surface area (TPSA) is 83.6 Å².